The summed E-state index contributed by atoms with van der Waals surface area (Å²) < 4.78 is 6.70. The third-order valence-corrected chi connectivity index (χ3v) is 3.38. The van der Waals surface area contributed by atoms with E-state index in [1.807, 2.05) is 18.2 Å². The Balaban J connectivity index is 1.47. The molecule has 2 aromatic heterocycles. The Bertz CT molecular complexity index is 782. The molecule has 0 radical (unpaired) electrons. The quantitative estimate of drug-likeness (QED) is 0.649. The number of nitrogens with zero attached hydrogens (tertiary/aromatic N) is 5. The zero-order valence-electron chi connectivity index (χ0n) is 12.7. The average Bonchev–Trinajstić information content (AvgIpc) is 3.21. The fraction of sp³-hybridized carbons (Fsp3) is 0.357. The molecule has 9 heteroatoms. The van der Waals surface area contributed by atoms with Crippen LogP contribution in [0.15, 0.2) is 24.5 Å². The average molecular weight is 315 g/mol. The van der Waals surface area contributed by atoms with Crippen molar-refractivity contribution in [3.63, 3.8) is 0 Å². The normalized spacial score (nSPS) is 10.8. The number of imidazole rings is 1. The highest BCUT2D eigenvalue weighted by Crippen LogP contribution is 2.18. The van der Waals surface area contributed by atoms with Gasteiger partial charge in [-0.05, 0) is 22.6 Å². The van der Waals surface area contributed by atoms with Crippen molar-refractivity contribution in [3.8, 4) is 5.75 Å². The number of amides is 1. The number of aryl methyl sites for hydroxylation is 1. The first kappa shape index (κ1) is 14.9. The van der Waals surface area contributed by atoms with Gasteiger partial charge in [0.15, 0.2) is 0 Å². The van der Waals surface area contributed by atoms with Gasteiger partial charge in [0.1, 0.15) is 17.9 Å². The first-order chi connectivity index (χ1) is 11.2. The summed E-state index contributed by atoms with van der Waals surface area (Å²) in [6.45, 7) is 0.981. The number of hydrogen-bond donors (Lipinski definition) is 2. The number of nitrogens with one attached hydrogen (secondary N) is 2. The van der Waals surface area contributed by atoms with Crippen LogP contribution in [0.3, 0.4) is 0 Å². The summed E-state index contributed by atoms with van der Waals surface area (Å²) in [5, 5.41) is 13.6. The minimum atomic E-state index is -0.0433. The fourth-order valence-corrected chi connectivity index (χ4v) is 2.19. The Morgan fingerprint density at radius 1 is 1.43 bits per heavy atom. The molecule has 0 spiro atoms. The molecular weight excluding hydrogens is 298 g/mol. The van der Waals surface area contributed by atoms with Crippen molar-refractivity contribution in [2.45, 2.75) is 19.4 Å². The summed E-state index contributed by atoms with van der Waals surface area (Å²) in [7, 11) is 1.63. The molecule has 0 bridgehead atoms. The van der Waals surface area contributed by atoms with E-state index in [0.29, 0.717) is 25.9 Å². The fourth-order valence-electron chi connectivity index (χ4n) is 2.19. The van der Waals surface area contributed by atoms with Crippen molar-refractivity contribution in [2.75, 3.05) is 13.7 Å². The number of aromatic amines is 1. The molecule has 0 aliphatic rings. The Hall–Kier alpha value is -2.97. The number of carbonyl (C=O) groups excluding carboxylic acids is 1. The highest BCUT2D eigenvalue weighted by Gasteiger charge is 2.06. The van der Waals surface area contributed by atoms with Crippen LogP contribution in [0.1, 0.15) is 12.2 Å². The van der Waals surface area contributed by atoms with Gasteiger partial charge in [-0.3, -0.25) is 4.79 Å². The van der Waals surface area contributed by atoms with Gasteiger partial charge >= 0.3 is 0 Å². The second kappa shape index (κ2) is 6.86. The standard InChI is InChI=1S/C14H17N7O2/c1-23-10-2-3-11-12(8-10)18-13(17-11)4-6-15-14(22)5-7-21-9-16-19-20-21/h2-3,8-9H,4-7H2,1H3,(H,15,22)(H,17,18). The van der Waals surface area contributed by atoms with Gasteiger partial charge in [0.2, 0.25) is 5.91 Å². The van der Waals surface area contributed by atoms with Crippen LogP contribution < -0.4 is 10.1 Å². The van der Waals surface area contributed by atoms with E-state index >= 15 is 0 Å². The van der Waals surface area contributed by atoms with Crippen molar-refractivity contribution >= 4 is 16.9 Å². The molecule has 120 valence electrons. The van der Waals surface area contributed by atoms with Crippen LogP contribution in [0.5, 0.6) is 5.75 Å². The summed E-state index contributed by atoms with van der Waals surface area (Å²) >= 11 is 0. The number of tetrazole rings is 1. The molecule has 0 atom stereocenters. The predicted octanol–water partition coefficient (Wildman–Crippen LogP) is 0.307. The zero-order chi connectivity index (χ0) is 16.1. The van der Waals surface area contributed by atoms with Gasteiger partial charge < -0.3 is 15.0 Å². The molecule has 3 rings (SSSR count). The van der Waals surface area contributed by atoms with Crippen LogP contribution in [0, 0.1) is 0 Å². The van der Waals surface area contributed by atoms with Gasteiger partial charge in [-0.15, -0.1) is 5.10 Å². The third-order valence-electron chi connectivity index (χ3n) is 3.38. The number of aromatic nitrogens is 6. The lowest BCUT2D eigenvalue weighted by Crippen LogP contribution is -2.26. The van der Waals surface area contributed by atoms with Crippen LogP contribution in [0.2, 0.25) is 0 Å². The van der Waals surface area contributed by atoms with Crippen LogP contribution in [0.25, 0.3) is 11.0 Å². The van der Waals surface area contributed by atoms with Gasteiger partial charge in [0.25, 0.3) is 0 Å². The first-order valence-corrected chi connectivity index (χ1v) is 7.25. The van der Waals surface area contributed by atoms with Gasteiger partial charge in [0.05, 0.1) is 24.7 Å². The lowest BCUT2D eigenvalue weighted by molar-refractivity contribution is -0.121. The van der Waals surface area contributed by atoms with Crippen molar-refractivity contribution in [3.05, 3.63) is 30.4 Å². The Morgan fingerprint density at radius 2 is 2.35 bits per heavy atom. The van der Waals surface area contributed by atoms with E-state index in [9.17, 15) is 4.79 Å². The molecule has 23 heavy (non-hydrogen) atoms. The molecule has 0 saturated carbocycles. The maximum absolute atomic E-state index is 11.7. The number of fused-ring (bicyclic) bond motifs is 1. The van der Waals surface area contributed by atoms with Crippen molar-refractivity contribution < 1.29 is 9.53 Å². The van der Waals surface area contributed by atoms with Gasteiger partial charge in [-0.1, -0.05) is 0 Å². The maximum Gasteiger partial charge on any atom is 0.221 e. The molecule has 1 amide bonds. The van der Waals surface area contributed by atoms with E-state index < -0.39 is 0 Å². The lowest BCUT2D eigenvalue weighted by Gasteiger charge is -2.03. The van der Waals surface area contributed by atoms with E-state index in [0.717, 1.165) is 22.6 Å². The van der Waals surface area contributed by atoms with Gasteiger partial charge in [-0.2, -0.15) is 0 Å². The molecule has 1 aromatic carbocycles. The maximum atomic E-state index is 11.7. The number of rotatable bonds is 7. The van der Waals surface area contributed by atoms with Gasteiger partial charge in [0, 0.05) is 25.5 Å². The lowest BCUT2D eigenvalue weighted by atomic mass is 10.3. The predicted molar refractivity (Wildman–Crippen MR) is 81.8 cm³/mol. The number of carbonyl (C=O) groups is 1. The minimum Gasteiger partial charge on any atom is -0.497 e. The van der Waals surface area contributed by atoms with Crippen LogP contribution in [-0.4, -0.2) is 49.7 Å². The molecular formula is C14H17N7O2. The number of ether oxygens (including phenoxy) is 1. The number of benzene rings is 1. The largest absolute Gasteiger partial charge is 0.497 e. The van der Waals surface area contributed by atoms with E-state index in [1.54, 1.807) is 7.11 Å². The van der Waals surface area contributed by atoms with Crippen molar-refractivity contribution in [2.24, 2.45) is 0 Å². The van der Waals surface area contributed by atoms with Crippen LogP contribution in [-0.2, 0) is 17.8 Å². The van der Waals surface area contributed by atoms with Crippen LogP contribution in [0.4, 0.5) is 0 Å². The van der Waals surface area contributed by atoms with Crippen molar-refractivity contribution in [1.29, 1.82) is 0 Å². The minimum absolute atomic E-state index is 0.0433. The number of hydrogen-bond acceptors (Lipinski definition) is 6. The number of methoxy groups -OCH3 is 1. The topological polar surface area (TPSA) is 111 Å². The molecule has 0 unspecified atom stereocenters. The molecule has 2 heterocycles. The molecule has 0 aliphatic heterocycles. The molecule has 0 fully saturated rings. The Kier molecular flexibility index (Phi) is 4.46. The second-order valence-corrected chi connectivity index (χ2v) is 4.99. The van der Waals surface area contributed by atoms with E-state index in [-0.39, 0.29) is 5.91 Å². The highest BCUT2D eigenvalue weighted by atomic mass is 16.5. The Labute approximate surface area is 132 Å². The first-order valence-electron chi connectivity index (χ1n) is 7.25. The van der Waals surface area contributed by atoms with Crippen molar-refractivity contribution in [1.82, 2.24) is 35.5 Å². The Morgan fingerprint density at radius 3 is 3.13 bits per heavy atom. The summed E-state index contributed by atoms with van der Waals surface area (Å²) in [5.74, 6) is 1.57. The third kappa shape index (κ3) is 3.82. The van der Waals surface area contributed by atoms with E-state index in [2.05, 4.69) is 30.8 Å². The molecule has 0 aliphatic carbocycles. The van der Waals surface area contributed by atoms with E-state index in [1.165, 1.54) is 11.0 Å². The molecule has 2 N–H and O–H groups in total. The van der Waals surface area contributed by atoms with E-state index in [4.69, 9.17) is 4.74 Å². The molecule has 0 saturated heterocycles. The molecule has 3 aromatic rings. The smallest absolute Gasteiger partial charge is 0.221 e. The van der Waals surface area contributed by atoms with Crippen LogP contribution >= 0.6 is 0 Å². The SMILES string of the molecule is COc1ccc2nc(CCNC(=O)CCn3cnnn3)[nH]c2c1. The highest BCUT2D eigenvalue weighted by molar-refractivity contribution is 5.77. The monoisotopic (exact) mass is 315 g/mol. The summed E-state index contributed by atoms with van der Waals surface area (Å²) in [5.41, 5.74) is 1.80. The zero-order valence-corrected chi connectivity index (χ0v) is 12.7. The summed E-state index contributed by atoms with van der Waals surface area (Å²) in [6, 6.07) is 5.67. The van der Waals surface area contributed by atoms with Gasteiger partial charge in [-0.25, -0.2) is 9.67 Å². The molecule has 9 nitrogen and oxygen atoms in total. The second-order valence-electron chi connectivity index (χ2n) is 4.99. The summed E-state index contributed by atoms with van der Waals surface area (Å²) in [4.78, 5) is 19.4. The number of H-pyrrole nitrogens is 1. The summed E-state index contributed by atoms with van der Waals surface area (Å²) in [6.07, 6.45) is 2.45.